The van der Waals surface area contributed by atoms with Gasteiger partial charge in [0, 0.05) is 6.04 Å². The van der Waals surface area contributed by atoms with Gasteiger partial charge in [-0.05, 0) is 33.4 Å². The quantitative estimate of drug-likeness (QED) is 0.522. The third-order valence-electron chi connectivity index (χ3n) is 2.14. The average Bonchev–Trinajstić information content (AvgIpc) is 1.97. The lowest BCUT2D eigenvalue weighted by Crippen LogP contribution is -2.33. The minimum atomic E-state index is 0.837. The fourth-order valence-corrected chi connectivity index (χ4v) is 1.24. The molecule has 0 N–H and O–H groups in total. The molecule has 0 aliphatic carbocycles. The molecule has 0 radical (unpaired) electrons. The van der Waals surface area contributed by atoms with E-state index in [4.69, 9.17) is 0 Å². The van der Waals surface area contributed by atoms with Crippen molar-refractivity contribution in [3.05, 3.63) is 0 Å². The van der Waals surface area contributed by atoms with Crippen molar-refractivity contribution < 1.29 is 0 Å². The Kier molecular flexibility index (Phi) is 6.63. The first kappa shape index (κ1) is 11.0. The van der Waals surface area contributed by atoms with Crippen molar-refractivity contribution >= 4 is 0 Å². The second kappa shape index (κ2) is 6.66. The third kappa shape index (κ3) is 5.25. The van der Waals surface area contributed by atoms with Crippen molar-refractivity contribution in [1.82, 2.24) is 4.90 Å². The fraction of sp³-hybridized carbons (Fsp3) is 1.00. The molecule has 0 bridgehead atoms. The van der Waals surface area contributed by atoms with Crippen molar-refractivity contribution in [2.75, 3.05) is 13.6 Å². The van der Waals surface area contributed by atoms with Gasteiger partial charge < -0.3 is 4.90 Å². The van der Waals surface area contributed by atoms with E-state index in [1.165, 1.54) is 32.2 Å². The monoisotopic (exact) mass is 157 g/mol. The summed E-state index contributed by atoms with van der Waals surface area (Å²) in [7, 11) is 2.21. The molecule has 1 heterocycles. The molecule has 0 amide bonds. The van der Waals surface area contributed by atoms with Crippen LogP contribution in [0.1, 0.15) is 46.5 Å². The molecule has 1 aliphatic rings. The maximum Gasteiger partial charge on any atom is 0.00638 e. The highest BCUT2D eigenvalue weighted by atomic mass is 15.1. The first-order chi connectivity index (χ1) is 5.22. The predicted octanol–water partition coefficient (Wildman–Crippen LogP) is 2.91. The number of hydrogen-bond donors (Lipinski definition) is 0. The standard InChI is InChI=1S/C7H15N.C3H8/c1-7-5-3-4-6-8(7)2;1-3-2/h7H,3-6H2,1-2H3;3H2,1-2H3. The first-order valence-electron chi connectivity index (χ1n) is 4.92. The smallest absolute Gasteiger partial charge is 0.00638 e. The van der Waals surface area contributed by atoms with Crippen LogP contribution in [0.3, 0.4) is 0 Å². The van der Waals surface area contributed by atoms with Crippen molar-refractivity contribution in [2.24, 2.45) is 0 Å². The second-order valence-corrected chi connectivity index (χ2v) is 3.53. The van der Waals surface area contributed by atoms with Gasteiger partial charge >= 0.3 is 0 Å². The largest absolute Gasteiger partial charge is 0.304 e. The van der Waals surface area contributed by atoms with E-state index in [9.17, 15) is 0 Å². The van der Waals surface area contributed by atoms with Gasteiger partial charge in [-0.2, -0.15) is 0 Å². The summed E-state index contributed by atoms with van der Waals surface area (Å²) < 4.78 is 0. The van der Waals surface area contributed by atoms with Gasteiger partial charge in [-0.1, -0.05) is 26.7 Å². The van der Waals surface area contributed by atoms with Crippen LogP contribution in [0.5, 0.6) is 0 Å². The zero-order valence-electron chi connectivity index (χ0n) is 8.56. The first-order valence-corrected chi connectivity index (χ1v) is 4.92. The van der Waals surface area contributed by atoms with Crippen LogP contribution < -0.4 is 0 Å². The Morgan fingerprint density at radius 3 is 2.09 bits per heavy atom. The number of rotatable bonds is 0. The lowest BCUT2D eigenvalue weighted by atomic mass is 10.1. The predicted molar refractivity (Wildman–Crippen MR) is 51.9 cm³/mol. The van der Waals surface area contributed by atoms with E-state index in [-0.39, 0.29) is 0 Å². The Labute approximate surface area is 71.8 Å². The van der Waals surface area contributed by atoms with E-state index in [2.05, 4.69) is 32.7 Å². The highest BCUT2D eigenvalue weighted by Gasteiger charge is 2.12. The Balaban J connectivity index is 0.000000292. The van der Waals surface area contributed by atoms with Crippen molar-refractivity contribution in [3.63, 3.8) is 0 Å². The van der Waals surface area contributed by atoms with E-state index >= 15 is 0 Å². The van der Waals surface area contributed by atoms with Gasteiger partial charge in [0.15, 0.2) is 0 Å². The normalized spacial score (nSPS) is 25.6. The van der Waals surface area contributed by atoms with E-state index in [0.29, 0.717) is 0 Å². The molecule has 0 aromatic carbocycles. The molecule has 0 saturated carbocycles. The molecule has 1 nitrogen and oxygen atoms in total. The van der Waals surface area contributed by atoms with Crippen LogP contribution in [-0.2, 0) is 0 Å². The number of nitrogens with zero attached hydrogens (tertiary/aromatic N) is 1. The maximum absolute atomic E-state index is 2.43. The fourth-order valence-electron chi connectivity index (χ4n) is 1.24. The molecule has 1 fully saturated rings. The Hall–Kier alpha value is -0.0400. The summed E-state index contributed by atoms with van der Waals surface area (Å²) in [5.41, 5.74) is 0. The van der Waals surface area contributed by atoms with Gasteiger partial charge in [-0.25, -0.2) is 0 Å². The van der Waals surface area contributed by atoms with Crippen LogP contribution in [0.25, 0.3) is 0 Å². The molecular formula is C10H23N. The molecule has 1 aliphatic heterocycles. The van der Waals surface area contributed by atoms with Gasteiger partial charge in [0.05, 0.1) is 0 Å². The molecule has 0 aromatic rings. The van der Waals surface area contributed by atoms with Gasteiger partial charge in [-0.3, -0.25) is 0 Å². The molecule has 0 spiro atoms. The van der Waals surface area contributed by atoms with Crippen LogP contribution in [-0.4, -0.2) is 24.5 Å². The van der Waals surface area contributed by atoms with Crippen LogP contribution in [0.4, 0.5) is 0 Å². The van der Waals surface area contributed by atoms with Crippen molar-refractivity contribution in [2.45, 2.75) is 52.5 Å². The van der Waals surface area contributed by atoms with Crippen molar-refractivity contribution in [3.8, 4) is 0 Å². The van der Waals surface area contributed by atoms with Crippen LogP contribution in [0.15, 0.2) is 0 Å². The van der Waals surface area contributed by atoms with Gasteiger partial charge in [0.2, 0.25) is 0 Å². The topological polar surface area (TPSA) is 3.24 Å². The lowest BCUT2D eigenvalue weighted by Gasteiger charge is -2.29. The van der Waals surface area contributed by atoms with Crippen LogP contribution in [0.2, 0.25) is 0 Å². The summed E-state index contributed by atoms with van der Waals surface area (Å²) in [5.74, 6) is 0. The van der Waals surface area contributed by atoms with Crippen LogP contribution in [0, 0.1) is 0 Å². The number of piperidine rings is 1. The third-order valence-corrected chi connectivity index (χ3v) is 2.14. The summed E-state index contributed by atoms with van der Waals surface area (Å²) in [4.78, 5) is 2.43. The minimum absolute atomic E-state index is 0.837. The SMILES string of the molecule is CC1CCCCN1C.CCC. The molecule has 1 unspecified atom stereocenters. The van der Waals surface area contributed by atoms with Gasteiger partial charge in [-0.15, -0.1) is 0 Å². The average molecular weight is 157 g/mol. The van der Waals surface area contributed by atoms with E-state index < -0.39 is 0 Å². The summed E-state index contributed by atoms with van der Waals surface area (Å²) in [6.45, 7) is 7.86. The zero-order chi connectivity index (χ0) is 8.69. The molecule has 11 heavy (non-hydrogen) atoms. The molecule has 1 saturated heterocycles. The summed E-state index contributed by atoms with van der Waals surface area (Å²) >= 11 is 0. The Morgan fingerprint density at radius 1 is 1.27 bits per heavy atom. The highest BCUT2D eigenvalue weighted by Crippen LogP contribution is 2.13. The Bertz CT molecular complexity index is 70.9. The lowest BCUT2D eigenvalue weighted by molar-refractivity contribution is 0.200. The molecule has 1 rings (SSSR count). The number of likely N-dealkylation sites (tertiary alicyclic amines) is 1. The molecule has 68 valence electrons. The second-order valence-electron chi connectivity index (χ2n) is 3.53. The minimum Gasteiger partial charge on any atom is -0.304 e. The summed E-state index contributed by atoms with van der Waals surface area (Å²) in [5, 5.41) is 0. The van der Waals surface area contributed by atoms with E-state index in [1.807, 2.05) is 0 Å². The van der Waals surface area contributed by atoms with Crippen LogP contribution >= 0.6 is 0 Å². The Morgan fingerprint density at radius 2 is 1.82 bits per heavy atom. The van der Waals surface area contributed by atoms with Gasteiger partial charge in [0.1, 0.15) is 0 Å². The van der Waals surface area contributed by atoms with E-state index in [1.54, 1.807) is 0 Å². The molecular weight excluding hydrogens is 134 g/mol. The van der Waals surface area contributed by atoms with Crippen molar-refractivity contribution in [1.29, 1.82) is 0 Å². The van der Waals surface area contributed by atoms with Gasteiger partial charge in [0.25, 0.3) is 0 Å². The summed E-state index contributed by atoms with van der Waals surface area (Å²) in [6.07, 6.45) is 5.49. The molecule has 1 atom stereocenters. The summed E-state index contributed by atoms with van der Waals surface area (Å²) in [6, 6.07) is 0.837. The highest BCUT2D eigenvalue weighted by molar-refractivity contribution is 4.68. The van der Waals surface area contributed by atoms with E-state index in [0.717, 1.165) is 6.04 Å². The zero-order valence-corrected chi connectivity index (χ0v) is 8.56. The maximum atomic E-state index is 2.43. The molecule has 1 heteroatoms. The number of hydrogen-bond acceptors (Lipinski definition) is 1. The molecule has 0 aromatic heterocycles.